The third-order valence-corrected chi connectivity index (χ3v) is 4.86. The van der Waals surface area contributed by atoms with E-state index in [-0.39, 0.29) is 12.8 Å². The van der Waals surface area contributed by atoms with Crippen molar-refractivity contribution in [3.05, 3.63) is 0 Å². The van der Waals surface area contributed by atoms with Gasteiger partial charge in [-0.3, -0.25) is 28.8 Å². The van der Waals surface area contributed by atoms with Crippen LogP contribution in [0, 0.1) is 0 Å². The van der Waals surface area contributed by atoms with Crippen molar-refractivity contribution in [1.82, 2.24) is 16.0 Å². The molecule has 0 saturated heterocycles. The molecule has 0 radical (unpaired) electrons. The summed E-state index contributed by atoms with van der Waals surface area (Å²) in [5.41, 5.74) is 10.9. The molecular formula is C20H33N5O11. The van der Waals surface area contributed by atoms with Crippen molar-refractivity contribution >= 4 is 41.6 Å². The Morgan fingerprint density at radius 2 is 1.11 bits per heavy atom. The van der Waals surface area contributed by atoms with Crippen LogP contribution in [0.1, 0.15) is 51.4 Å². The lowest BCUT2D eigenvalue weighted by atomic mass is 10.1. The van der Waals surface area contributed by atoms with Crippen LogP contribution in [0.3, 0.4) is 0 Å². The van der Waals surface area contributed by atoms with Gasteiger partial charge in [0.25, 0.3) is 0 Å². The first kappa shape index (κ1) is 32.2. The van der Waals surface area contributed by atoms with Gasteiger partial charge in [-0.2, -0.15) is 0 Å². The minimum Gasteiger partial charge on any atom is -0.481 e. The molecule has 0 aromatic heterocycles. The second kappa shape index (κ2) is 16.8. The van der Waals surface area contributed by atoms with Gasteiger partial charge in [0.05, 0.1) is 12.5 Å². The molecule has 0 bridgehead atoms. The second-order valence-electron chi connectivity index (χ2n) is 7.88. The Labute approximate surface area is 205 Å². The van der Waals surface area contributed by atoms with Crippen molar-refractivity contribution in [2.24, 2.45) is 11.5 Å². The van der Waals surface area contributed by atoms with Crippen molar-refractivity contribution in [3.63, 3.8) is 0 Å². The van der Waals surface area contributed by atoms with Crippen LogP contribution in [0.15, 0.2) is 0 Å². The molecule has 4 unspecified atom stereocenters. The molecule has 3 amide bonds. The SMILES string of the molecule is NCCCCC(NC(=O)C(CCC(=O)O)NC(=O)C(CC(=O)O)NC(=O)C(N)CCC(=O)O)C(=O)O. The summed E-state index contributed by atoms with van der Waals surface area (Å²) in [4.78, 5) is 81.9. The summed E-state index contributed by atoms with van der Waals surface area (Å²) < 4.78 is 0. The number of carboxylic acid groups (broad SMARTS) is 4. The number of carboxylic acids is 4. The molecule has 4 atom stereocenters. The number of hydrogen-bond acceptors (Lipinski definition) is 9. The van der Waals surface area contributed by atoms with E-state index in [2.05, 4.69) is 16.0 Å². The number of carbonyl (C=O) groups excluding carboxylic acids is 3. The van der Waals surface area contributed by atoms with Crippen LogP contribution in [0.25, 0.3) is 0 Å². The Balaban J connectivity index is 5.53. The van der Waals surface area contributed by atoms with Crippen LogP contribution in [-0.2, 0) is 33.6 Å². The van der Waals surface area contributed by atoms with E-state index in [0.717, 1.165) is 0 Å². The molecular weight excluding hydrogens is 486 g/mol. The maximum absolute atomic E-state index is 12.7. The van der Waals surface area contributed by atoms with E-state index in [1.165, 1.54) is 0 Å². The molecule has 11 N–H and O–H groups in total. The van der Waals surface area contributed by atoms with E-state index in [4.69, 9.17) is 26.8 Å². The largest absolute Gasteiger partial charge is 0.481 e. The molecule has 0 spiro atoms. The topological polar surface area (TPSA) is 289 Å². The van der Waals surface area contributed by atoms with Crippen molar-refractivity contribution in [2.75, 3.05) is 6.54 Å². The number of amides is 3. The molecule has 16 nitrogen and oxygen atoms in total. The monoisotopic (exact) mass is 519 g/mol. The minimum absolute atomic E-state index is 0.0177. The fourth-order valence-electron chi connectivity index (χ4n) is 2.90. The highest BCUT2D eigenvalue weighted by Gasteiger charge is 2.31. The number of unbranched alkanes of at least 4 members (excludes halogenated alkanes) is 1. The van der Waals surface area contributed by atoms with Gasteiger partial charge in [0.1, 0.15) is 18.1 Å². The number of nitrogens with two attached hydrogens (primary N) is 2. The Hall–Kier alpha value is -3.79. The van der Waals surface area contributed by atoms with Crippen LogP contribution in [0.5, 0.6) is 0 Å². The Morgan fingerprint density at radius 1 is 0.611 bits per heavy atom. The van der Waals surface area contributed by atoms with Crippen LogP contribution in [0.2, 0.25) is 0 Å². The van der Waals surface area contributed by atoms with Crippen LogP contribution < -0.4 is 27.4 Å². The molecule has 36 heavy (non-hydrogen) atoms. The maximum Gasteiger partial charge on any atom is 0.326 e. The van der Waals surface area contributed by atoms with E-state index in [9.17, 15) is 38.7 Å². The standard InChI is InChI=1S/C20H33N5O11/c21-8-2-1-3-12(20(35)36)24-18(33)11(5-7-15(28)29)23-19(34)13(9-16(30)31)25-17(32)10(22)4-6-14(26)27/h10-13H,1-9,21-22H2,(H,23,34)(H,24,33)(H,25,32)(H,26,27)(H,28,29)(H,30,31)(H,35,36). The highest BCUT2D eigenvalue weighted by Crippen LogP contribution is 2.06. The van der Waals surface area contributed by atoms with Crippen LogP contribution in [-0.4, -0.2) is 92.7 Å². The molecule has 0 heterocycles. The van der Waals surface area contributed by atoms with E-state index < -0.39 is 91.4 Å². The second-order valence-corrected chi connectivity index (χ2v) is 7.88. The van der Waals surface area contributed by atoms with Gasteiger partial charge in [0, 0.05) is 12.8 Å². The third kappa shape index (κ3) is 13.8. The molecule has 0 aromatic carbocycles. The number of nitrogens with one attached hydrogen (secondary N) is 3. The van der Waals surface area contributed by atoms with Gasteiger partial charge in [-0.25, -0.2) is 4.79 Å². The first-order valence-corrected chi connectivity index (χ1v) is 11.0. The molecule has 0 aliphatic carbocycles. The van der Waals surface area contributed by atoms with Gasteiger partial charge in [0.2, 0.25) is 17.7 Å². The summed E-state index contributed by atoms with van der Waals surface area (Å²) >= 11 is 0. The molecule has 0 fully saturated rings. The molecule has 0 saturated carbocycles. The third-order valence-electron chi connectivity index (χ3n) is 4.86. The van der Waals surface area contributed by atoms with Gasteiger partial charge in [-0.1, -0.05) is 0 Å². The van der Waals surface area contributed by atoms with Crippen molar-refractivity contribution in [1.29, 1.82) is 0 Å². The first-order chi connectivity index (χ1) is 16.8. The van der Waals surface area contributed by atoms with E-state index in [1.807, 2.05) is 0 Å². The number of hydrogen-bond donors (Lipinski definition) is 9. The quantitative estimate of drug-likeness (QED) is 0.0779. The highest BCUT2D eigenvalue weighted by molar-refractivity contribution is 5.95. The highest BCUT2D eigenvalue weighted by atomic mass is 16.4. The van der Waals surface area contributed by atoms with Crippen molar-refractivity contribution in [3.8, 4) is 0 Å². The maximum atomic E-state index is 12.7. The Kier molecular flexibility index (Phi) is 15.0. The minimum atomic E-state index is -1.74. The number of rotatable bonds is 19. The fourth-order valence-corrected chi connectivity index (χ4v) is 2.90. The number of carbonyl (C=O) groups is 7. The van der Waals surface area contributed by atoms with E-state index in [1.54, 1.807) is 0 Å². The Bertz CT molecular complexity index is 820. The van der Waals surface area contributed by atoms with Crippen LogP contribution in [0.4, 0.5) is 0 Å². The summed E-state index contributed by atoms with van der Waals surface area (Å²) in [6.45, 7) is 0.300. The van der Waals surface area contributed by atoms with Gasteiger partial charge in [-0.15, -0.1) is 0 Å². The summed E-state index contributed by atoms with van der Waals surface area (Å²) in [6, 6.07) is -6.04. The lowest BCUT2D eigenvalue weighted by molar-refractivity contribution is -0.144. The average molecular weight is 520 g/mol. The molecule has 0 aliphatic rings. The Morgan fingerprint density at radius 3 is 1.61 bits per heavy atom. The van der Waals surface area contributed by atoms with Crippen LogP contribution >= 0.6 is 0 Å². The smallest absolute Gasteiger partial charge is 0.326 e. The number of aliphatic carboxylic acids is 4. The zero-order valence-corrected chi connectivity index (χ0v) is 19.5. The summed E-state index contributed by atoms with van der Waals surface area (Å²) in [5, 5.41) is 42.5. The van der Waals surface area contributed by atoms with Crippen molar-refractivity contribution < 1.29 is 54.0 Å². The average Bonchev–Trinajstić information content (AvgIpc) is 2.78. The van der Waals surface area contributed by atoms with E-state index >= 15 is 0 Å². The normalized spacial score (nSPS) is 13.9. The lowest BCUT2D eigenvalue weighted by Crippen LogP contribution is -2.57. The predicted octanol–water partition coefficient (Wildman–Crippen LogP) is -2.81. The lowest BCUT2D eigenvalue weighted by Gasteiger charge is -2.24. The molecule has 0 rings (SSSR count). The van der Waals surface area contributed by atoms with Gasteiger partial charge in [0.15, 0.2) is 0 Å². The summed E-state index contributed by atoms with van der Waals surface area (Å²) in [5.74, 6) is -8.63. The zero-order chi connectivity index (χ0) is 27.8. The van der Waals surface area contributed by atoms with Gasteiger partial charge < -0.3 is 47.8 Å². The molecule has 204 valence electrons. The van der Waals surface area contributed by atoms with Gasteiger partial charge >= 0.3 is 23.9 Å². The zero-order valence-electron chi connectivity index (χ0n) is 19.5. The van der Waals surface area contributed by atoms with Crippen molar-refractivity contribution in [2.45, 2.75) is 75.5 Å². The molecule has 0 aliphatic heterocycles. The fraction of sp³-hybridized carbons (Fsp3) is 0.650. The molecule has 16 heteroatoms. The molecule has 0 aromatic rings. The first-order valence-electron chi connectivity index (χ1n) is 11.0. The summed E-state index contributed by atoms with van der Waals surface area (Å²) in [7, 11) is 0. The van der Waals surface area contributed by atoms with E-state index in [0.29, 0.717) is 19.4 Å². The predicted molar refractivity (Wildman–Crippen MR) is 120 cm³/mol. The summed E-state index contributed by atoms with van der Waals surface area (Å²) in [6.07, 6.45) is -1.88. The van der Waals surface area contributed by atoms with Gasteiger partial charge in [-0.05, 0) is 38.6 Å².